The van der Waals surface area contributed by atoms with E-state index in [4.69, 9.17) is 15.1 Å². The van der Waals surface area contributed by atoms with Crippen molar-refractivity contribution in [2.75, 3.05) is 49.6 Å². The molecule has 0 unspecified atom stereocenters. The van der Waals surface area contributed by atoms with Gasteiger partial charge in [0, 0.05) is 63.4 Å². The number of pyridine rings is 1. The van der Waals surface area contributed by atoms with Crippen molar-refractivity contribution in [3.63, 3.8) is 0 Å². The molecule has 10 heteroatoms. The number of anilines is 3. The van der Waals surface area contributed by atoms with E-state index in [1.807, 2.05) is 23.4 Å². The molecule has 4 aromatic rings. The van der Waals surface area contributed by atoms with Crippen LogP contribution in [-0.2, 0) is 11.2 Å². The number of halogens is 1. The van der Waals surface area contributed by atoms with Gasteiger partial charge in [-0.05, 0) is 49.2 Å². The molecule has 1 N–H and O–H groups in total. The molecule has 4 heterocycles. The minimum atomic E-state index is -0.264. The summed E-state index contributed by atoms with van der Waals surface area (Å²) >= 11 is 1.54. The maximum absolute atomic E-state index is 13.4. The number of aliphatic hydroxyl groups is 1. The van der Waals surface area contributed by atoms with Gasteiger partial charge in [0.1, 0.15) is 17.3 Å². The van der Waals surface area contributed by atoms with Crippen molar-refractivity contribution >= 4 is 39.5 Å². The van der Waals surface area contributed by atoms with Crippen molar-refractivity contribution in [1.29, 1.82) is 0 Å². The van der Waals surface area contributed by atoms with Gasteiger partial charge in [-0.25, -0.2) is 14.4 Å². The SMILES string of the molecule is CCc1nc2ccc(N3CCN(C(=O)CCCO)CC3)cn2c1N(C)c1nc(-c2ccc(F)cc2)cs1. The molecule has 0 spiro atoms. The van der Waals surface area contributed by atoms with Crippen LogP contribution in [0.25, 0.3) is 16.9 Å². The Bertz CT molecular complexity index is 1380. The lowest BCUT2D eigenvalue weighted by atomic mass is 10.2. The zero-order valence-electron chi connectivity index (χ0n) is 21.1. The third-order valence-corrected chi connectivity index (χ3v) is 7.68. The molecule has 0 radical (unpaired) electrons. The molecule has 5 rings (SSSR count). The van der Waals surface area contributed by atoms with E-state index >= 15 is 0 Å². The number of hydrogen-bond donors (Lipinski definition) is 1. The number of amides is 1. The zero-order chi connectivity index (χ0) is 25.9. The van der Waals surface area contributed by atoms with Gasteiger partial charge < -0.3 is 19.8 Å². The van der Waals surface area contributed by atoms with E-state index < -0.39 is 0 Å². The molecule has 1 aliphatic rings. The van der Waals surface area contributed by atoms with Gasteiger partial charge in [-0.15, -0.1) is 11.3 Å². The van der Waals surface area contributed by atoms with E-state index in [-0.39, 0.29) is 18.3 Å². The predicted octanol–water partition coefficient (Wildman–Crippen LogP) is 4.35. The van der Waals surface area contributed by atoms with Crippen molar-refractivity contribution in [3.8, 4) is 11.3 Å². The lowest BCUT2D eigenvalue weighted by molar-refractivity contribution is -0.131. The summed E-state index contributed by atoms with van der Waals surface area (Å²) in [5.41, 5.74) is 4.62. The number of piperazine rings is 1. The Hall–Kier alpha value is -3.50. The van der Waals surface area contributed by atoms with Gasteiger partial charge in [-0.2, -0.15) is 0 Å². The van der Waals surface area contributed by atoms with E-state index in [9.17, 15) is 9.18 Å². The molecule has 1 aliphatic heterocycles. The second-order valence-corrected chi connectivity index (χ2v) is 9.96. The van der Waals surface area contributed by atoms with Crippen molar-refractivity contribution in [2.45, 2.75) is 26.2 Å². The van der Waals surface area contributed by atoms with Gasteiger partial charge in [0.2, 0.25) is 5.91 Å². The Labute approximate surface area is 219 Å². The predicted molar refractivity (Wildman–Crippen MR) is 145 cm³/mol. The Morgan fingerprint density at radius 1 is 1.11 bits per heavy atom. The third-order valence-electron chi connectivity index (χ3n) is 6.77. The quantitative estimate of drug-likeness (QED) is 0.371. The molecule has 3 aromatic heterocycles. The Balaban J connectivity index is 1.39. The van der Waals surface area contributed by atoms with E-state index in [2.05, 4.69) is 33.4 Å². The molecule has 1 fully saturated rings. The third kappa shape index (κ3) is 5.17. The summed E-state index contributed by atoms with van der Waals surface area (Å²) in [6, 6.07) is 10.5. The molecule has 0 bridgehead atoms. The molecule has 1 amide bonds. The Morgan fingerprint density at radius 3 is 2.57 bits per heavy atom. The summed E-state index contributed by atoms with van der Waals surface area (Å²) in [6.45, 7) is 4.99. The molecular weight excluding hydrogens is 491 g/mol. The molecule has 194 valence electrons. The number of nitrogens with zero attached hydrogens (tertiary/aromatic N) is 6. The van der Waals surface area contributed by atoms with Gasteiger partial charge in [-0.3, -0.25) is 9.20 Å². The summed E-state index contributed by atoms with van der Waals surface area (Å²) in [4.78, 5) is 28.3. The molecule has 0 aliphatic carbocycles. The molecule has 1 aromatic carbocycles. The first-order chi connectivity index (χ1) is 18.0. The number of aromatic nitrogens is 3. The van der Waals surface area contributed by atoms with Gasteiger partial charge in [0.15, 0.2) is 5.13 Å². The van der Waals surface area contributed by atoms with E-state index in [1.54, 1.807) is 12.1 Å². The fourth-order valence-corrected chi connectivity index (χ4v) is 5.52. The van der Waals surface area contributed by atoms with Crippen LogP contribution in [0, 0.1) is 5.82 Å². The average Bonchev–Trinajstić information content (AvgIpc) is 3.57. The largest absolute Gasteiger partial charge is 0.396 e. The number of carbonyl (C=O) groups is 1. The van der Waals surface area contributed by atoms with E-state index in [0.29, 0.717) is 25.9 Å². The van der Waals surface area contributed by atoms with Crippen LogP contribution < -0.4 is 9.80 Å². The highest BCUT2D eigenvalue weighted by molar-refractivity contribution is 7.14. The smallest absolute Gasteiger partial charge is 0.222 e. The van der Waals surface area contributed by atoms with E-state index in [1.165, 1.54) is 23.5 Å². The average molecular weight is 523 g/mol. The van der Waals surface area contributed by atoms with Crippen LogP contribution in [0.1, 0.15) is 25.5 Å². The number of thiazole rings is 1. The number of aryl methyl sites for hydroxylation is 1. The molecule has 37 heavy (non-hydrogen) atoms. The highest BCUT2D eigenvalue weighted by atomic mass is 32.1. The summed E-state index contributed by atoms with van der Waals surface area (Å²) in [7, 11) is 2.00. The Kier molecular flexibility index (Phi) is 7.38. The van der Waals surface area contributed by atoms with Crippen LogP contribution in [0.4, 0.5) is 21.0 Å². The summed E-state index contributed by atoms with van der Waals surface area (Å²) in [5.74, 6) is 0.816. The topological polar surface area (TPSA) is 77.2 Å². The van der Waals surface area contributed by atoms with Gasteiger partial charge in [0.25, 0.3) is 0 Å². The van der Waals surface area contributed by atoms with Gasteiger partial charge in [0.05, 0.1) is 17.1 Å². The minimum Gasteiger partial charge on any atom is -0.396 e. The highest BCUT2D eigenvalue weighted by Crippen LogP contribution is 2.34. The lowest BCUT2D eigenvalue weighted by Gasteiger charge is -2.36. The molecular formula is C27H31FN6O2S. The minimum absolute atomic E-state index is 0.0433. The number of aliphatic hydroxyl groups excluding tert-OH is 1. The molecule has 8 nitrogen and oxygen atoms in total. The summed E-state index contributed by atoms with van der Waals surface area (Å²) < 4.78 is 15.5. The number of imidazole rings is 1. The van der Waals surface area contributed by atoms with Crippen LogP contribution in [0.5, 0.6) is 0 Å². The van der Waals surface area contributed by atoms with Crippen LogP contribution in [-0.4, -0.2) is 70.1 Å². The molecule has 0 atom stereocenters. The van der Waals surface area contributed by atoms with Crippen LogP contribution in [0.2, 0.25) is 0 Å². The fourth-order valence-electron chi connectivity index (χ4n) is 4.71. The zero-order valence-corrected chi connectivity index (χ0v) is 21.9. The monoisotopic (exact) mass is 522 g/mol. The molecule has 0 saturated carbocycles. The lowest BCUT2D eigenvalue weighted by Crippen LogP contribution is -2.48. The summed E-state index contributed by atoms with van der Waals surface area (Å²) in [6.07, 6.45) is 3.80. The first-order valence-corrected chi connectivity index (χ1v) is 13.5. The van der Waals surface area contributed by atoms with Gasteiger partial charge in [-0.1, -0.05) is 6.92 Å². The number of fused-ring (bicyclic) bond motifs is 1. The van der Waals surface area contributed by atoms with Crippen LogP contribution >= 0.6 is 11.3 Å². The normalized spacial score (nSPS) is 13.9. The number of carbonyl (C=O) groups excluding carboxylic acids is 1. The molecule has 1 saturated heterocycles. The Morgan fingerprint density at radius 2 is 1.86 bits per heavy atom. The number of benzene rings is 1. The number of hydrogen-bond acceptors (Lipinski definition) is 7. The maximum atomic E-state index is 13.4. The summed E-state index contributed by atoms with van der Waals surface area (Å²) in [5, 5.41) is 11.8. The van der Waals surface area contributed by atoms with Gasteiger partial charge >= 0.3 is 0 Å². The van der Waals surface area contributed by atoms with Crippen molar-refractivity contribution < 1.29 is 14.3 Å². The van der Waals surface area contributed by atoms with Crippen molar-refractivity contribution in [2.24, 2.45) is 0 Å². The second-order valence-electron chi connectivity index (χ2n) is 9.13. The van der Waals surface area contributed by atoms with Crippen LogP contribution in [0.3, 0.4) is 0 Å². The first-order valence-electron chi connectivity index (χ1n) is 12.6. The highest BCUT2D eigenvalue weighted by Gasteiger charge is 2.23. The maximum Gasteiger partial charge on any atom is 0.222 e. The van der Waals surface area contributed by atoms with Crippen molar-refractivity contribution in [3.05, 3.63) is 59.5 Å². The van der Waals surface area contributed by atoms with E-state index in [0.717, 1.165) is 58.7 Å². The fraction of sp³-hybridized carbons (Fsp3) is 0.370. The van der Waals surface area contributed by atoms with Crippen LogP contribution in [0.15, 0.2) is 48.0 Å². The number of rotatable bonds is 8. The standard InChI is InChI=1S/C27H31FN6O2S/c1-3-22-26(31(2)27-30-23(18-37-27)19-6-8-20(28)9-7-19)34-17-21(10-11-24(34)29-22)32-12-14-33(15-13-32)25(36)5-4-16-35/h6-11,17-18,35H,3-5,12-16H2,1-2H3. The second kappa shape index (κ2) is 10.9. The first kappa shape index (κ1) is 25.2. The van der Waals surface area contributed by atoms with Crippen molar-refractivity contribution in [1.82, 2.24) is 19.3 Å².